The second kappa shape index (κ2) is 5.69. The van der Waals surface area contributed by atoms with Crippen LogP contribution in [0.3, 0.4) is 0 Å². The molecule has 2 rings (SSSR count). The summed E-state index contributed by atoms with van der Waals surface area (Å²) >= 11 is 0. The number of nitrogens with zero attached hydrogens (tertiary/aromatic N) is 2. The smallest absolute Gasteiger partial charge is 0.257 e. The number of anilines is 2. The molecule has 0 saturated carbocycles. The normalized spacial score (nSPS) is 10.6. The first-order valence-electron chi connectivity index (χ1n) is 6.47. The number of amides is 1. The van der Waals surface area contributed by atoms with Gasteiger partial charge in [-0.3, -0.25) is 4.79 Å². The summed E-state index contributed by atoms with van der Waals surface area (Å²) in [5.74, 6) is 0.834. The standard InChI is InChI=1S/C15H18N4O/c1-9(2)12-6-11(7-13(16)18-12)15(20)19-14-5-4-10(3)8-17-14/h4-9H,1-3H3,(H2,16,18)(H,17,19,20). The van der Waals surface area contributed by atoms with Gasteiger partial charge in [-0.2, -0.15) is 0 Å². The van der Waals surface area contributed by atoms with Crippen LogP contribution < -0.4 is 11.1 Å². The molecule has 2 heterocycles. The quantitative estimate of drug-likeness (QED) is 0.898. The largest absolute Gasteiger partial charge is 0.384 e. The monoisotopic (exact) mass is 270 g/mol. The van der Waals surface area contributed by atoms with Crippen LogP contribution in [0.5, 0.6) is 0 Å². The van der Waals surface area contributed by atoms with E-state index < -0.39 is 0 Å². The third-order valence-electron chi connectivity index (χ3n) is 2.87. The lowest BCUT2D eigenvalue weighted by molar-refractivity contribution is 0.102. The van der Waals surface area contributed by atoms with Crippen LogP contribution in [-0.2, 0) is 0 Å². The molecule has 20 heavy (non-hydrogen) atoms. The van der Waals surface area contributed by atoms with E-state index in [0.29, 0.717) is 17.2 Å². The van der Waals surface area contributed by atoms with E-state index >= 15 is 0 Å². The van der Waals surface area contributed by atoms with Crippen molar-refractivity contribution in [1.82, 2.24) is 9.97 Å². The molecule has 0 radical (unpaired) electrons. The number of carbonyl (C=O) groups excluding carboxylic acids is 1. The summed E-state index contributed by atoms with van der Waals surface area (Å²) in [4.78, 5) is 20.6. The van der Waals surface area contributed by atoms with Gasteiger partial charge in [-0.05, 0) is 36.6 Å². The fourth-order valence-electron chi connectivity index (χ4n) is 1.73. The van der Waals surface area contributed by atoms with Crippen molar-refractivity contribution in [3.8, 4) is 0 Å². The Labute approximate surface area is 118 Å². The van der Waals surface area contributed by atoms with Crippen molar-refractivity contribution in [2.75, 3.05) is 11.1 Å². The van der Waals surface area contributed by atoms with Crippen molar-refractivity contribution in [3.63, 3.8) is 0 Å². The lowest BCUT2D eigenvalue weighted by Crippen LogP contribution is -2.14. The van der Waals surface area contributed by atoms with Crippen LogP contribution in [-0.4, -0.2) is 15.9 Å². The topological polar surface area (TPSA) is 80.9 Å². The zero-order chi connectivity index (χ0) is 14.7. The van der Waals surface area contributed by atoms with Gasteiger partial charge < -0.3 is 11.1 Å². The maximum Gasteiger partial charge on any atom is 0.257 e. The molecular weight excluding hydrogens is 252 g/mol. The Morgan fingerprint density at radius 1 is 1.30 bits per heavy atom. The van der Waals surface area contributed by atoms with E-state index in [1.54, 1.807) is 24.4 Å². The minimum absolute atomic E-state index is 0.211. The molecule has 5 heteroatoms. The highest BCUT2D eigenvalue weighted by Crippen LogP contribution is 2.17. The molecular formula is C15H18N4O. The van der Waals surface area contributed by atoms with Crippen molar-refractivity contribution in [2.24, 2.45) is 0 Å². The van der Waals surface area contributed by atoms with Crippen LogP contribution in [0.4, 0.5) is 11.6 Å². The van der Waals surface area contributed by atoms with Gasteiger partial charge in [0.25, 0.3) is 5.91 Å². The van der Waals surface area contributed by atoms with E-state index in [9.17, 15) is 4.79 Å². The van der Waals surface area contributed by atoms with E-state index in [0.717, 1.165) is 11.3 Å². The molecule has 0 atom stereocenters. The van der Waals surface area contributed by atoms with Gasteiger partial charge in [0, 0.05) is 17.5 Å². The Morgan fingerprint density at radius 3 is 2.65 bits per heavy atom. The van der Waals surface area contributed by atoms with Crippen molar-refractivity contribution in [2.45, 2.75) is 26.7 Å². The van der Waals surface area contributed by atoms with Crippen LogP contribution in [0.2, 0.25) is 0 Å². The van der Waals surface area contributed by atoms with E-state index in [2.05, 4.69) is 15.3 Å². The van der Waals surface area contributed by atoms with E-state index in [4.69, 9.17) is 5.73 Å². The van der Waals surface area contributed by atoms with Gasteiger partial charge in [0.2, 0.25) is 0 Å². The highest BCUT2D eigenvalue weighted by atomic mass is 16.1. The number of nitrogens with one attached hydrogen (secondary N) is 1. The predicted octanol–water partition coefficient (Wildman–Crippen LogP) is 2.74. The number of carbonyl (C=O) groups is 1. The second-order valence-electron chi connectivity index (χ2n) is 5.04. The minimum atomic E-state index is -0.239. The zero-order valence-electron chi connectivity index (χ0n) is 11.8. The van der Waals surface area contributed by atoms with Crippen molar-refractivity contribution < 1.29 is 4.79 Å². The van der Waals surface area contributed by atoms with Gasteiger partial charge in [-0.15, -0.1) is 0 Å². The fraction of sp³-hybridized carbons (Fsp3) is 0.267. The SMILES string of the molecule is Cc1ccc(NC(=O)c2cc(N)nc(C(C)C)c2)nc1. The van der Waals surface area contributed by atoms with Crippen molar-refractivity contribution >= 4 is 17.5 Å². The number of hydrogen-bond donors (Lipinski definition) is 2. The highest BCUT2D eigenvalue weighted by molar-refractivity contribution is 6.04. The van der Waals surface area contributed by atoms with Gasteiger partial charge in [0.05, 0.1) is 0 Å². The molecule has 0 spiro atoms. The number of hydrogen-bond acceptors (Lipinski definition) is 4. The molecule has 0 aromatic carbocycles. The average molecular weight is 270 g/mol. The second-order valence-corrected chi connectivity index (χ2v) is 5.04. The number of aromatic nitrogens is 2. The molecule has 1 amide bonds. The number of pyridine rings is 2. The number of aryl methyl sites for hydroxylation is 1. The van der Waals surface area contributed by atoms with Gasteiger partial charge in [-0.25, -0.2) is 9.97 Å². The average Bonchev–Trinajstić information content (AvgIpc) is 2.40. The zero-order valence-corrected chi connectivity index (χ0v) is 11.8. The lowest BCUT2D eigenvalue weighted by atomic mass is 10.1. The summed E-state index contributed by atoms with van der Waals surface area (Å²) in [6.07, 6.45) is 1.70. The number of nitrogens with two attached hydrogens (primary N) is 1. The maximum absolute atomic E-state index is 12.2. The molecule has 2 aromatic rings. The molecule has 0 aliphatic carbocycles. The first kappa shape index (κ1) is 14.0. The van der Waals surface area contributed by atoms with Crippen LogP contribution in [0.1, 0.15) is 41.4 Å². The molecule has 0 aliphatic heterocycles. The van der Waals surface area contributed by atoms with Gasteiger partial charge in [0.15, 0.2) is 0 Å². The Bertz CT molecular complexity index is 620. The molecule has 0 aliphatic rings. The molecule has 3 N–H and O–H groups in total. The summed E-state index contributed by atoms with van der Waals surface area (Å²) in [7, 11) is 0. The summed E-state index contributed by atoms with van der Waals surface area (Å²) < 4.78 is 0. The summed E-state index contributed by atoms with van der Waals surface area (Å²) in [5, 5.41) is 2.75. The van der Waals surface area contributed by atoms with Crippen molar-refractivity contribution in [1.29, 1.82) is 0 Å². The van der Waals surface area contributed by atoms with Gasteiger partial charge >= 0.3 is 0 Å². The molecule has 5 nitrogen and oxygen atoms in total. The predicted molar refractivity (Wildman–Crippen MR) is 79.7 cm³/mol. The van der Waals surface area contributed by atoms with Crippen LogP contribution >= 0.6 is 0 Å². The third kappa shape index (κ3) is 3.32. The Balaban J connectivity index is 2.22. The Morgan fingerprint density at radius 2 is 2.05 bits per heavy atom. The molecule has 0 unspecified atom stereocenters. The highest BCUT2D eigenvalue weighted by Gasteiger charge is 2.11. The third-order valence-corrected chi connectivity index (χ3v) is 2.87. The molecule has 0 saturated heterocycles. The van der Waals surface area contributed by atoms with Crippen LogP contribution in [0.15, 0.2) is 30.5 Å². The molecule has 0 fully saturated rings. The van der Waals surface area contributed by atoms with Crippen LogP contribution in [0, 0.1) is 6.92 Å². The first-order chi connectivity index (χ1) is 9.45. The Hall–Kier alpha value is -2.43. The van der Waals surface area contributed by atoms with Crippen molar-refractivity contribution in [3.05, 3.63) is 47.3 Å². The maximum atomic E-state index is 12.2. The Kier molecular flexibility index (Phi) is 3.98. The van der Waals surface area contributed by atoms with Gasteiger partial charge in [-0.1, -0.05) is 19.9 Å². The summed E-state index contributed by atoms with van der Waals surface area (Å²) in [6.45, 7) is 5.95. The first-order valence-corrected chi connectivity index (χ1v) is 6.47. The number of nitrogen functional groups attached to an aromatic ring is 1. The summed E-state index contributed by atoms with van der Waals surface area (Å²) in [6, 6.07) is 6.98. The minimum Gasteiger partial charge on any atom is -0.384 e. The summed E-state index contributed by atoms with van der Waals surface area (Å²) in [5.41, 5.74) is 8.07. The lowest BCUT2D eigenvalue weighted by Gasteiger charge is -2.09. The van der Waals surface area contributed by atoms with E-state index in [1.807, 2.05) is 26.8 Å². The fourth-order valence-corrected chi connectivity index (χ4v) is 1.73. The molecule has 0 bridgehead atoms. The van der Waals surface area contributed by atoms with E-state index in [-0.39, 0.29) is 11.8 Å². The van der Waals surface area contributed by atoms with Gasteiger partial charge in [0.1, 0.15) is 11.6 Å². The van der Waals surface area contributed by atoms with E-state index in [1.165, 1.54) is 0 Å². The number of rotatable bonds is 3. The van der Waals surface area contributed by atoms with Crippen LogP contribution in [0.25, 0.3) is 0 Å². The molecule has 2 aromatic heterocycles. The molecule has 104 valence electrons.